The summed E-state index contributed by atoms with van der Waals surface area (Å²) in [6, 6.07) is 0. The van der Waals surface area contributed by atoms with Gasteiger partial charge in [0.05, 0.1) is 24.7 Å². The summed E-state index contributed by atoms with van der Waals surface area (Å²) in [6.07, 6.45) is 3.90. The summed E-state index contributed by atoms with van der Waals surface area (Å²) < 4.78 is 12.0. The maximum absolute atomic E-state index is 12.9. The number of ether oxygens (including phenoxy) is 2. The van der Waals surface area contributed by atoms with Gasteiger partial charge in [-0.2, -0.15) is 0 Å². The van der Waals surface area contributed by atoms with Crippen molar-refractivity contribution >= 4 is 5.97 Å². The molecule has 0 aromatic rings. The zero-order chi connectivity index (χ0) is 31.3. The molecule has 0 aromatic heterocycles. The van der Waals surface area contributed by atoms with Gasteiger partial charge in [-0.3, -0.25) is 4.79 Å². The van der Waals surface area contributed by atoms with Crippen LogP contribution in [0.3, 0.4) is 0 Å². The fourth-order valence-electron chi connectivity index (χ4n) is 12.8. The summed E-state index contributed by atoms with van der Waals surface area (Å²) in [5.41, 5.74) is 0.0272. The van der Waals surface area contributed by atoms with Crippen molar-refractivity contribution in [2.75, 3.05) is 13.2 Å². The van der Waals surface area contributed by atoms with E-state index in [1.165, 1.54) is 0 Å². The van der Waals surface area contributed by atoms with E-state index in [1.807, 2.05) is 0 Å². The maximum atomic E-state index is 12.9. The quantitative estimate of drug-likeness (QED) is 0.228. The molecule has 244 valence electrons. The number of hydrogen-bond acceptors (Lipinski definition) is 7. The second-order valence-corrected chi connectivity index (χ2v) is 16.7. The number of allylic oxidation sites excluding steroid dienone is 1. The summed E-state index contributed by atoms with van der Waals surface area (Å²) in [5.74, 6) is 0.829. The summed E-state index contributed by atoms with van der Waals surface area (Å²) in [4.78, 5) is 12.9. The van der Waals surface area contributed by atoms with Gasteiger partial charge in [0, 0.05) is 5.41 Å². The Hall–Kier alpha value is -1.03. The van der Waals surface area contributed by atoms with Crippen LogP contribution in [0.5, 0.6) is 0 Å². The molecule has 1 heterocycles. The highest BCUT2D eigenvalue weighted by molar-refractivity contribution is 5.76. The molecule has 6 rings (SSSR count). The van der Waals surface area contributed by atoms with Crippen LogP contribution >= 0.6 is 0 Å². The highest BCUT2D eigenvalue weighted by Gasteiger charge is 2.72. The molecule has 0 unspecified atom stereocenters. The second-order valence-electron chi connectivity index (χ2n) is 16.7. The minimum absolute atomic E-state index is 0.0230. The lowest BCUT2D eigenvalue weighted by molar-refractivity contribution is -0.316. The average Bonchev–Trinajstić information content (AvgIpc) is 3.36. The minimum atomic E-state index is -1.35. The molecule has 8 nitrogen and oxygen atoms in total. The molecule has 5 aliphatic carbocycles. The predicted octanol–water partition coefficient (Wildman–Crippen LogP) is 4.53. The molecule has 0 radical (unpaired) electrons. The number of carboxylic acids is 1. The first-order valence-electron chi connectivity index (χ1n) is 16.9. The van der Waals surface area contributed by atoms with E-state index in [2.05, 4.69) is 41.2 Å². The van der Waals surface area contributed by atoms with E-state index in [0.717, 1.165) is 63.4 Å². The van der Waals surface area contributed by atoms with Crippen LogP contribution in [0.4, 0.5) is 0 Å². The molecule has 0 spiro atoms. The van der Waals surface area contributed by atoms with Crippen LogP contribution in [-0.4, -0.2) is 75.4 Å². The van der Waals surface area contributed by atoms with E-state index in [9.17, 15) is 30.3 Å². The molecule has 6 aliphatic rings. The Morgan fingerprint density at radius 2 is 1.60 bits per heavy atom. The number of hydrogen-bond donors (Lipinski definition) is 5. The third-order valence-corrected chi connectivity index (χ3v) is 15.3. The third kappa shape index (κ3) is 4.18. The molecule has 5 N–H and O–H groups in total. The first-order valence-corrected chi connectivity index (χ1v) is 16.9. The molecule has 15 atom stereocenters. The van der Waals surface area contributed by atoms with Crippen molar-refractivity contribution < 1.29 is 39.8 Å². The highest BCUT2D eigenvalue weighted by Crippen LogP contribution is 2.77. The van der Waals surface area contributed by atoms with Gasteiger partial charge >= 0.3 is 5.97 Å². The summed E-state index contributed by atoms with van der Waals surface area (Å²) in [7, 11) is 0. The van der Waals surface area contributed by atoms with Crippen LogP contribution in [-0.2, 0) is 14.3 Å². The molecule has 5 saturated carbocycles. The molecule has 0 bridgehead atoms. The van der Waals surface area contributed by atoms with E-state index >= 15 is 0 Å². The Morgan fingerprint density at radius 1 is 0.884 bits per heavy atom. The smallest absolute Gasteiger partial charge is 0.309 e. The van der Waals surface area contributed by atoms with Gasteiger partial charge in [-0.15, -0.1) is 0 Å². The van der Waals surface area contributed by atoms with Crippen LogP contribution in [0, 0.1) is 56.7 Å². The largest absolute Gasteiger partial charge is 0.481 e. The normalized spacial score (nSPS) is 56.3. The Kier molecular flexibility index (Phi) is 7.79. The Labute approximate surface area is 257 Å². The maximum Gasteiger partial charge on any atom is 0.309 e. The monoisotopic (exact) mass is 604 g/mol. The highest BCUT2D eigenvalue weighted by atomic mass is 16.7. The average molecular weight is 605 g/mol. The summed E-state index contributed by atoms with van der Waals surface area (Å²) in [6.45, 7) is 15.9. The SMILES string of the molecule is C=C(C)[C@@H]1CC[C@]2(C(=O)O)CC[C@]3(C)[C@H](CC[C@@H]4[C@@]5(C)CC[C@H](O[C@@H]6OC[C@H](O)[C@H](O)[C@H]6O)[C@@](C)(CO)[C@@H]5CC[C@]43C)[C@@H]12. The number of carboxylic acid groups (broad SMARTS) is 1. The van der Waals surface area contributed by atoms with E-state index in [1.54, 1.807) is 0 Å². The Morgan fingerprint density at radius 3 is 2.26 bits per heavy atom. The van der Waals surface area contributed by atoms with Crippen molar-refractivity contribution in [2.45, 2.75) is 130 Å². The van der Waals surface area contributed by atoms with Crippen molar-refractivity contribution in [3.05, 3.63) is 12.2 Å². The lowest BCUT2D eigenvalue weighted by atomic mass is 9.32. The van der Waals surface area contributed by atoms with Crippen molar-refractivity contribution in [3.8, 4) is 0 Å². The van der Waals surface area contributed by atoms with Crippen LogP contribution in [0.15, 0.2) is 12.2 Å². The number of aliphatic hydroxyl groups excluding tert-OH is 4. The lowest BCUT2D eigenvalue weighted by Crippen LogP contribution is -2.68. The standard InChI is InChI=1S/C35H56O8/c1-19(2)20-9-14-35(30(40)41)16-15-33(5)21(26(20)35)7-8-24-31(3)12-11-25(43-29-28(39)27(38)22(37)17-42-29)32(4,18-36)23(31)10-13-34(24,33)6/h20-29,36-39H,1,7-18H2,2-6H3,(H,40,41)/t20-,21+,22-,23+,24+,25-,26+,27-,28+,29-,31-,32-,33+,34+,35-/m0/s1. The van der Waals surface area contributed by atoms with Gasteiger partial charge < -0.3 is 35.0 Å². The molecular formula is C35H56O8. The first-order chi connectivity index (χ1) is 20.1. The number of aliphatic hydroxyl groups is 4. The second kappa shape index (κ2) is 10.5. The van der Waals surface area contributed by atoms with E-state index < -0.39 is 41.4 Å². The summed E-state index contributed by atoms with van der Waals surface area (Å²) in [5, 5.41) is 52.4. The lowest BCUT2D eigenvalue weighted by Gasteiger charge is -2.73. The van der Waals surface area contributed by atoms with Gasteiger partial charge in [-0.25, -0.2) is 0 Å². The van der Waals surface area contributed by atoms with E-state index in [4.69, 9.17) is 9.47 Å². The fraction of sp³-hybridized carbons (Fsp3) is 0.914. The number of fused-ring (bicyclic) bond motifs is 7. The molecule has 8 heteroatoms. The molecule has 1 saturated heterocycles. The Bertz CT molecular complexity index is 1130. The van der Waals surface area contributed by atoms with Crippen LogP contribution < -0.4 is 0 Å². The predicted molar refractivity (Wildman–Crippen MR) is 161 cm³/mol. The van der Waals surface area contributed by atoms with Crippen LogP contribution in [0.25, 0.3) is 0 Å². The van der Waals surface area contributed by atoms with Gasteiger partial charge in [-0.05, 0) is 117 Å². The van der Waals surface area contributed by atoms with Crippen molar-refractivity contribution in [3.63, 3.8) is 0 Å². The van der Waals surface area contributed by atoms with Gasteiger partial charge in [0.2, 0.25) is 0 Å². The van der Waals surface area contributed by atoms with E-state index in [-0.39, 0.29) is 53.3 Å². The molecule has 1 aliphatic heterocycles. The summed E-state index contributed by atoms with van der Waals surface area (Å²) >= 11 is 0. The fourth-order valence-corrected chi connectivity index (χ4v) is 12.8. The zero-order valence-corrected chi connectivity index (χ0v) is 26.9. The van der Waals surface area contributed by atoms with Gasteiger partial charge in [0.1, 0.15) is 18.3 Å². The van der Waals surface area contributed by atoms with Gasteiger partial charge in [0.25, 0.3) is 0 Å². The van der Waals surface area contributed by atoms with Gasteiger partial charge in [-0.1, -0.05) is 39.8 Å². The molecule has 0 amide bonds. The number of rotatable bonds is 5. The molecule has 0 aromatic carbocycles. The molecule has 6 fully saturated rings. The van der Waals surface area contributed by atoms with Crippen LogP contribution in [0.1, 0.15) is 98.8 Å². The zero-order valence-electron chi connectivity index (χ0n) is 26.9. The first kappa shape index (κ1) is 31.9. The van der Waals surface area contributed by atoms with Crippen molar-refractivity contribution in [2.24, 2.45) is 56.7 Å². The van der Waals surface area contributed by atoms with Crippen molar-refractivity contribution in [1.82, 2.24) is 0 Å². The number of carbonyl (C=O) groups is 1. The number of aliphatic carboxylic acids is 1. The molecular weight excluding hydrogens is 548 g/mol. The third-order valence-electron chi connectivity index (χ3n) is 15.3. The van der Waals surface area contributed by atoms with Crippen molar-refractivity contribution in [1.29, 1.82) is 0 Å². The molecule has 43 heavy (non-hydrogen) atoms. The Balaban J connectivity index is 1.30. The topological polar surface area (TPSA) is 137 Å². The van der Waals surface area contributed by atoms with Gasteiger partial charge in [0.15, 0.2) is 6.29 Å². The minimum Gasteiger partial charge on any atom is -0.481 e. The van der Waals surface area contributed by atoms with E-state index in [0.29, 0.717) is 18.3 Å². The van der Waals surface area contributed by atoms with Crippen LogP contribution in [0.2, 0.25) is 0 Å².